The first-order valence-electron chi connectivity index (χ1n) is 12.2. The van der Waals surface area contributed by atoms with Gasteiger partial charge >= 0.3 is 17.9 Å². The molecule has 212 valence electrons. The van der Waals surface area contributed by atoms with Gasteiger partial charge in [0.1, 0.15) is 6.61 Å². The molecular formula is C23H42O13. The summed E-state index contributed by atoms with van der Waals surface area (Å²) in [6.07, 6.45) is 1.21. The van der Waals surface area contributed by atoms with E-state index >= 15 is 0 Å². The summed E-state index contributed by atoms with van der Waals surface area (Å²) in [6, 6.07) is 0. The highest BCUT2D eigenvalue weighted by atomic mass is 16.6. The van der Waals surface area contributed by atoms with Gasteiger partial charge in [-0.05, 0) is 12.8 Å². The molecule has 0 radical (unpaired) electrons. The Hall–Kier alpha value is -1.87. The van der Waals surface area contributed by atoms with E-state index in [1.165, 1.54) is 0 Å². The number of ether oxygens (including phenoxy) is 8. The second kappa shape index (κ2) is 27.7. The van der Waals surface area contributed by atoms with Gasteiger partial charge in [-0.3, -0.25) is 14.4 Å². The van der Waals surface area contributed by atoms with Gasteiger partial charge in [0.25, 0.3) is 0 Å². The van der Waals surface area contributed by atoms with E-state index in [0.29, 0.717) is 92.1 Å². The SMILES string of the molecule is O=C(O)CCCCC(=O)OCCOCCOCCOCCOCCOCCOCCOCCC(=O)O. The predicted molar refractivity (Wildman–Crippen MR) is 125 cm³/mol. The van der Waals surface area contributed by atoms with Crippen LogP contribution in [0.4, 0.5) is 0 Å². The molecule has 0 aromatic carbocycles. The molecule has 0 spiro atoms. The highest BCUT2D eigenvalue weighted by Crippen LogP contribution is 2.01. The van der Waals surface area contributed by atoms with E-state index in [1.54, 1.807) is 0 Å². The highest BCUT2D eigenvalue weighted by Gasteiger charge is 2.04. The first-order valence-corrected chi connectivity index (χ1v) is 12.2. The van der Waals surface area contributed by atoms with Crippen LogP contribution in [-0.2, 0) is 52.3 Å². The van der Waals surface area contributed by atoms with Gasteiger partial charge in [-0.2, -0.15) is 0 Å². The van der Waals surface area contributed by atoms with Crippen LogP contribution in [-0.4, -0.2) is 127 Å². The molecule has 0 amide bonds. The lowest BCUT2D eigenvalue weighted by Gasteiger charge is -2.08. The molecule has 0 heterocycles. The van der Waals surface area contributed by atoms with E-state index in [0.717, 1.165) is 0 Å². The van der Waals surface area contributed by atoms with Crippen molar-refractivity contribution in [2.24, 2.45) is 0 Å². The third-order valence-corrected chi connectivity index (χ3v) is 4.20. The van der Waals surface area contributed by atoms with Gasteiger partial charge in [0.2, 0.25) is 0 Å². The number of carboxylic acids is 2. The number of aliphatic carboxylic acids is 2. The summed E-state index contributed by atoms with van der Waals surface area (Å²) in [6.45, 7) is 5.71. The minimum atomic E-state index is -0.883. The van der Waals surface area contributed by atoms with Crippen LogP contribution >= 0.6 is 0 Å². The smallest absolute Gasteiger partial charge is 0.305 e. The van der Waals surface area contributed by atoms with Crippen molar-refractivity contribution in [2.45, 2.75) is 32.1 Å². The van der Waals surface area contributed by atoms with Crippen LogP contribution in [0.3, 0.4) is 0 Å². The first-order chi connectivity index (χ1) is 17.5. The quantitative estimate of drug-likeness (QED) is 0.104. The van der Waals surface area contributed by atoms with Crippen LogP contribution in [0, 0.1) is 0 Å². The Balaban J connectivity index is 3.11. The van der Waals surface area contributed by atoms with E-state index in [2.05, 4.69) is 0 Å². The number of hydrogen-bond donors (Lipinski definition) is 2. The molecule has 0 fully saturated rings. The van der Waals surface area contributed by atoms with Crippen LogP contribution < -0.4 is 0 Å². The molecule has 0 saturated carbocycles. The number of rotatable bonds is 29. The van der Waals surface area contributed by atoms with Crippen molar-refractivity contribution >= 4 is 17.9 Å². The van der Waals surface area contributed by atoms with Crippen molar-refractivity contribution in [3.05, 3.63) is 0 Å². The van der Waals surface area contributed by atoms with Crippen molar-refractivity contribution in [1.82, 2.24) is 0 Å². The first kappa shape index (κ1) is 34.1. The molecule has 0 aromatic heterocycles. The predicted octanol–water partition coefficient (Wildman–Crippen LogP) is 0.766. The van der Waals surface area contributed by atoms with Gasteiger partial charge in [-0.1, -0.05) is 0 Å². The van der Waals surface area contributed by atoms with Crippen molar-refractivity contribution < 1.29 is 62.5 Å². The molecule has 0 aliphatic heterocycles. The van der Waals surface area contributed by atoms with E-state index in [1.807, 2.05) is 0 Å². The Labute approximate surface area is 212 Å². The second-order valence-corrected chi connectivity index (χ2v) is 7.25. The number of esters is 1. The van der Waals surface area contributed by atoms with Crippen LogP contribution in [0.2, 0.25) is 0 Å². The standard InChI is InChI=1S/C23H42O13/c24-21(25)3-1-2-4-23(28)36-20-19-35-18-17-34-16-15-33-14-13-32-12-11-31-10-9-30-8-7-29-6-5-22(26)27/h1-20H2,(H,24,25)(H,26,27). The summed E-state index contributed by atoms with van der Waals surface area (Å²) < 4.78 is 42.1. The fourth-order valence-electron chi connectivity index (χ4n) is 2.41. The minimum Gasteiger partial charge on any atom is -0.481 e. The maximum absolute atomic E-state index is 11.4. The average Bonchev–Trinajstić information content (AvgIpc) is 2.84. The number of carbonyl (C=O) groups is 3. The normalized spacial score (nSPS) is 11.0. The summed E-state index contributed by atoms with van der Waals surface area (Å²) in [4.78, 5) is 32.1. The Kier molecular flexibility index (Phi) is 26.3. The van der Waals surface area contributed by atoms with E-state index < -0.39 is 11.9 Å². The minimum absolute atomic E-state index is 0.0112. The molecule has 0 aromatic rings. The lowest BCUT2D eigenvalue weighted by atomic mass is 10.2. The topological polar surface area (TPSA) is 166 Å². The fourth-order valence-corrected chi connectivity index (χ4v) is 2.41. The molecule has 13 nitrogen and oxygen atoms in total. The highest BCUT2D eigenvalue weighted by molar-refractivity contribution is 5.69. The van der Waals surface area contributed by atoms with Crippen molar-refractivity contribution in [1.29, 1.82) is 0 Å². The average molecular weight is 527 g/mol. The van der Waals surface area contributed by atoms with Crippen LogP contribution in [0.5, 0.6) is 0 Å². The van der Waals surface area contributed by atoms with Crippen molar-refractivity contribution in [2.75, 3.05) is 99.1 Å². The van der Waals surface area contributed by atoms with Crippen molar-refractivity contribution in [3.63, 3.8) is 0 Å². The number of carboxylic acid groups (broad SMARTS) is 2. The number of unbranched alkanes of at least 4 members (excludes halogenated alkanes) is 1. The van der Waals surface area contributed by atoms with E-state index in [9.17, 15) is 14.4 Å². The molecule has 0 atom stereocenters. The maximum atomic E-state index is 11.4. The molecule has 0 bridgehead atoms. The molecular weight excluding hydrogens is 484 g/mol. The van der Waals surface area contributed by atoms with Gasteiger partial charge < -0.3 is 48.1 Å². The molecule has 0 rings (SSSR count). The van der Waals surface area contributed by atoms with Gasteiger partial charge in [-0.15, -0.1) is 0 Å². The molecule has 0 aliphatic carbocycles. The Morgan fingerprint density at radius 2 is 0.694 bits per heavy atom. The summed E-state index contributed by atoms with van der Waals surface area (Å²) >= 11 is 0. The molecule has 13 heteroatoms. The van der Waals surface area contributed by atoms with Gasteiger partial charge in [0.05, 0.1) is 98.9 Å². The largest absolute Gasteiger partial charge is 0.481 e. The van der Waals surface area contributed by atoms with Crippen LogP contribution in [0.25, 0.3) is 0 Å². The zero-order chi connectivity index (χ0) is 26.5. The fraction of sp³-hybridized carbons (Fsp3) is 0.870. The molecule has 0 unspecified atom stereocenters. The summed E-state index contributed by atoms with van der Waals surface area (Å²) in [7, 11) is 0. The molecule has 2 N–H and O–H groups in total. The zero-order valence-electron chi connectivity index (χ0n) is 21.0. The Morgan fingerprint density at radius 1 is 0.389 bits per heavy atom. The molecule has 36 heavy (non-hydrogen) atoms. The van der Waals surface area contributed by atoms with Gasteiger partial charge in [0, 0.05) is 12.8 Å². The lowest BCUT2D eigenvalue weighted by molar-refractivity contribution is -0.146. The summed E-state index contributed by atoms with van der Waals surface area (Å²) in [5.41, 5.74) is 0. The van der Waals surface area contributed by atoms with Crippen LogP contribution in [0.15, 0.2) is 0 Å². The third-order valence-electron chi connectivity index (χ3n) is 4.20. The molecule has 0 aliphatic rings. The van der Waals surface area contributed by atoms with Crippen molar-refractivity contribution in [3.8, 4) is 0 Å². The number of hydrogen-bond acceptors (Lipinski definition) is 11. The maximum Gasteiger partial charge on any atom is 0.305 e. The summed E-state index contributed by atoms with van der Waals surface area (Å²) in [5, 5.41) is 17.0. The van der Waals surface area contributed by atoms with E-state index in [-0.39, 0.29) is 45.1 Å². The Morgan fingerprint density at radius 3 is 1.06 bits per heavy atom. The van der Waals surface area contributed by atoms with E-state index in [4.69, 9.17) is 48.1 Å². The van der Waals surface area contributed by atoms with Crippen LogP contribution in [0.1, 0.15) is 32.1 Å². The zero-order valence-corrected chi connectivity index (χ0v) is 21.0. The molecule has 0 saturated heterocycles. The summed E-state index contributed by atoms with van der Waals surface area (Å²) in [5.74, 6) is -2.10. The van der Waals surface area contributed by atoms with Gasteiger partial charge in [-0.25, -0.2) is 0 Å². The third kappa shape index (κ3) is 30.2. The number of carbonyl (C=O) groups excluding carboxylic acids is 1. The monoisotopic (exact) mass is 526 g/mol. The van der Waals surface area contributed by atoms with Gasteiger partial charge in [0.15, 0.2) is 0 Å². The lowest BCUT2D eigenvalue weighted by Crippen LogP contribution is -2.15. The second-order valence-electron chi connectivity index (χ2n) is 7.25. The Bertz CT molecular complexity index is 530.